The Balaban J connectivity index is 2.71. The first-order chi connectivity index (χ1) is 9.28. The third-order valence-corrected chi connectivity index (χ3v) is 4.37. The number of hydrogen-bond donors (Lipinski definition) is 1. The average molecular weight is 272 g/mol. The van der Waals surface area contributed by atoms with Crippen LogP contribution in [0.5, 0.6) is 0 Å². The zero-order chi connectivity index (χ0) is 14.1. The van der Waals surface area contributed by atoms with Crippen molar-refractivity contribution >= 4 is 0 Å². The predicted octanol–water partition coefficient (Wildman–Crippen LogP) is 1.88. The molecule has 0 saturated carbocycles. The molecule has 0 aliphatic carbocycles. The zero-order valence-electron chi connectivity index (χ0n) is 12.9. The van der Waals surface area contributed by atoms with Gasteiger partial charge in [0.05, 0.1) is 13.2 Å². The van der Waals surface area contributed by atoms with Crippen LogP contribution in [0.25, 0.3) is 0 Å². The Morgan fingerprint density at radius 3 is 2.58 bits per heavy atom. The molecule has 1 aliphatic heterocycles. The second-order valence-electron chi connectivity index (χ2n) is 5.48. The van der Waals surface area contributed by atoms with E-state index in [-0.39, 0.29) is 0 Å². The maximum absolute atomic E-state index is 6.09. The Labute approximate surface area is 118 Å². The van der Waals surface area contributed by atoms with E-state index in [4.69, 9.17) is 15.2 Å². The van der Waals surface area contributed by atoms with Crippen molar-refractivity contribution in [2.75, 3.05) is 40.0 Å². The second-order valence-corrected chi connectivity index (χ2v) is 5.48. The number of nitrogens with two attached hydrogens (primary N) is 1. The summed E-state index contributed by atoms with van der Waals surface area (Å²) in [7, 11) is 1.77. The molecular weight excluding hydrogens is 240 g/mol. The molecule has 1 saturated heterocycles. The molecule has 0 aromatic rings. The second kappa shape index (κ2) is 9.70. The molecule has 0 bridgehead atoms. The minimum Gasteiger partial charge on any atom is -0.383 e. The third-order valence-electron chi connectivity index (χ3n) is 4.37. The Morgan fingerprint density at radius 1 is 1.37 bits per heavy atom. The van der Waals surface area contributed by atoms with Crippen LogP contribution in [0, 0.1) is 5.92 Å². The van der Waals surface area contributed by atoms with E-state index in [0.29, 0.717) is 24.5 Å². The van der Waals surface area contributed by atoms with Crippen LogP contribution in [0.3, 0.4) is 0 Å². The normalized spacial score (nSPS) is 22.1. The standard InChI is InChI=1S/C15H32N2O2/c1-4-14(5-2)17(8-10-18-3)15(11-16)13-7-6-9-19-12-13/h13-15H,4-12,16H2,1-3H3. The fourth-order valence-corrected chi connectivity index (χ4v) is 3.24. The minimum absolute atomic E-state index is 0.431. The number of hydrogen-bond acceptors (Lipinski definition) is 4. The van der Waals surface area contributed by atoms with Gasteiger partial charge in [-0.3, -0.25) is 4.90 Å². The molecule has 0 amide bonds. The zero-order valence-corrected chi connectivity index (χ0v) is 12.9. The van der Waals surface area contributed by atoms with Crippen LogP contribution in [0.2, 0.25) is 0 Å². The van der Waals surface area contributed by atoms with Gasteiger partial charge in [-0.05, 0) is 31.6 Å². The highest BCUT2D eigenvalue weighted by Gasteiger charge is 2.31. The van der Waals surface area contributed by atoms with E-state index >= 15 is 0 Å². The molecule has 2 unspecified atom stereocenters. The topological polar surface area (TPSA) is 47.7 Å². The van der Waals surface area contributed by atoms with Crippen LogP contribution in [-0.2, 0) is 9.47 Å². The van der Waals surface area contributed by atoms with Crippen molar-refractivity contribution in [2.45, 2.75) is 51.6 Å². The van der Waals surface area contributed by atoms with Gasteiger partial charge in [0.25, 0.3) is 0 Å². The summed E-state index contributed by atoms with van der Waals surface area (Å²) >= 11 is 0. The summed E-state index contributed by atoms with van der Waals surface area (Å²) in [5.41, 5.74) is 6.09. The molecule has 2 N–H and O–H groups in total. The van der Waals surface area contributed by atoms with Crippen molar-refractivity contribution in [3.05, 3.63) is 0 Å². The third kappa shape index (κ3) is 5.03. The first-order valence-electron chi connectivity index (χ1n) is 7.80. The molecule has 0 aromatic heterocycles. The lowest BCUT2D eigenvalue weighted by Crippen LogP contribution is -2.53. The average Bonchev–Trinajstić information content (AvgIpc) is 2.47. The lowest BCUT2D eigenvalue weighted by molar-refractivity contribution is -0.00999. The molecule has 1 heterocycles. The molecule has 0 radical (unpaired) electrons. The molecular formula is C15H32N2O2. The Hall–Kier alpha value is -0.160. The van der Waals surface area contributed by atoms with E-state index in [1.807, 2.05) is 0 Å². The van der Waals surface area contributed by atoms with Gasteiger partial charge in [0, 0.05) is 38.9 Å². The highest BCUT2D eigenvalue weighted by atomic mass is 16.5. The number of rotatable bonds is 9. The van der Waals surface area contributed by atoms with Gasteiger partial charge < -0.3 is 15.2 Å². The van der Waals surface area contributed by atoms with Crippen molar-refractivity contribution < 1.29 is 9.47 Å². The van der Waals surface area contributed by atoms with Gasteiger partial charge in [-0.25, -0.2) is 0 Å². The summed E-state index contributed by atoms with van der Waals surface area (Å²) in [6.45, 7) is 8.77. The van der Waals surface area contributed by atoms with E-state index in [0.717, 1.165) is 26.4 Å². The summed E-state index contributed by atoms with van der Waals surface area (Å²) in [5.74, 6) is 0.580. The van der Waals surface area contributed by atoms with E-state index < -0.39 is 0 Å². The van der Waals surface area contributed by atoms with E-state index in [2.05, 4.69) is 18.7 Å². The molecule has 0 aromatic carbocycles. The van der Waals surface area contributed by atoms with Gasteiger partial charge in [-0.1, -0.05) is 13.8 Å². The van der Waals surface area contributed by atoms with Crippen LogP contribution < -0.4 is 5.73 Å². The van der Waals surface area contributed by atoms with Gasteiger partial charge in [-0.2, -0.15) is 0 Å². The molecule has 19 heavy (non-hydrogen) atoms. The number of ether oxygens (including phenoxy) is 2. The van der Waals surface area contributed by atoms with Crippen molar-refractivity contribution in [3.8, 4) is 0 Å². The van der Waals surface area contributed by atoms with Gasteiger partial charge in [0.1, 0.15) is 0 Å². The van der Waals surface area contributed by atoms with Crippen molar-refractivity contribution in [2.24, 2.45) is 11.7 Å². The maximum atomic E-state index is 6.09. The first kappa shape index (κ1) is 16.9. The summed E-state index contributed by atoms with van der Waals surface area (Å²) in [5, 5.41) is 0. The molecule has 2 atom stereocenters. The molecule has 1 fully saturated rings. The SMILES string of the molecule is CCC(CC)N(CCOC)C(CN)C1CCCOC1. The molecule has 114 valence electrons. The van der Waals surface area contributed by atoms with E-state index in [1.54, 1.807) is 7.11 Å². The van der Waals surface area contributed by atoms with Crippen molar-refractivity contribution in [1.82, 2.24) is 4.90 Å². The molecule has 1 aliphatic rings. The lowest BCUT2D eigenvalue weighted by atomic mass is 9.90. The Morgan fingerprint density at radius 2 is 2.11 bits per heavy atom. The number of nitrogens with zero attached hydrogens (tertiary/aromatic N) is 1. The maximum Gasteiger partial charge on any atom is 0.0589 e. The smallest absolute Gasteiger partial charge is 0.0589 e. The summed E-state index contributed by atoms with van der Waals surface area (Å²) < 4.78 is 10.9. The fourth-order valence-electron chi connectivity index (χ4n) is 3.24. The molecule has 1 rings (SSSR count). The molecule has 4 nitrogen and oxygen atoms in total. The van der Waals surface area contributed by atoms with Crippen LogP contribution in [0.1, 0.15) is 39.5 Å². The van der Waals surface area contributed by atoms with Crippen molar-refractivity contribution in [1.29, 1.82) is 0 Å². The Bertz CT molecular complexity index is 216. The number of methoxy groups -OCH3 is 1. The minimum atomic E-state index is 0.431. The van der Waals surface area contributed by atoms with Crippen LogP contribution in [0.4, 0.5) is 0 Å². The van der Waals surface area contributed by atoms with Crippen LogP contribution in [-0.4, -0.2) is 57.0 Å². The quantitative estimate of drug-likeness (QED) is 0.696. The largest absolute Gasteiger partial charge is 0.383 e. The fraction of sp³-hybridized carbons (Fsp3) is 1.00. The van der Waals surface area contributed by atoms with E-state index in [1.165, 1.54) is 25.7 Å². The van der Waals surface area contributed by atoms with Crippen molar-refractivity contribution in [3.63, 3.8) is 0 Å². The molecule has 4 heteroatoms. The lowest BCUT2D eigenvalue weighted by Gasteiger charge is -2.42. The predicted molar refractivity (Wildman–Crippen MR) is 79.3 cm³/mol. The first-order valence-corrected chi connectivity index (χ1v) is 7.80. The monoisotopic (exact) mass is 272 g/mol. The van der Waals surface area contributed by atoms with Gasteiger partial charge in [0.15, 0.2) is 0 Å². The van der Waals surface area contributed by atoms with Gasteiger partial charge in [-0.15, -0.1) is 0 Å². The highest BCUT2D eigenvalue weighted by molar-refractivity contribution is 4.85. The summed E-state index contributed by atoms with van der Waals surface area (Å²) in [4.78, 5) is 2.57. The summed E-state index contributed by atoms with van der Waals surface area (Å²) in [6.07, 6.45) is 4.75. The molecule has 0 spiro atoms. The van der Waals surface area contributed by atoms with Gasteiger partial charge >= 0.3 is 0 Å². The summed E-state index contributed by atoms with van der Waals surface area (Å²) in [6, 6.07) is 1.03. The Kier molecular flexibility index (Phi) is 8.62. The van der Waals surface area contributed by atoms with Crippen LogP contribution >= 0.6 is 0 Å². The van der Waals surface area contributed by atoms with Gasteiger partial charge in [0.2, 0.25) is 0 Å². The van der Waals surface area contributed by atoms with Crippen LogP contribution in [0.15, 0.2) is 0 Å². The highest BCUT2D eigenvalue weighted by Crippen LogP contribution is 2.24. The van der Waals surface area contributed by atoms with E-state index in [9.17, 15) is 0 Å².